The van der Waals surface area contributed by atoms with Crippen LogP contribution in [0.2, 0.25) is 0 Å². The number of fused-ring (bicyclic) bond motifs is 5. The topological polar surface area (TPSA) is 25.8 Å². The minimum Gasteiger partial charge on any atom is -0.228 e. The van der Waals surface area contributed by atoms with Crippen molar-refractivity contribution in [3.63, 3.8) is 0 Å². The maximum atomic E-state index is 5.34. The average Bonchev–Trinajstić information content (AvgIpc) is 3.55. The van der Waals surface area contributed by atoms with Gasteiger partial charge in [0.15, 0.2) is 5.82 Å². The molecular weight excluding hydrogens is 565 g/mol. The molecule has 0 amide bonds. The molecule has 7 aromatic carbocycles. The zero-order valence-electron chi connectivity index (χ0n) is 24.3. The Kier molecular flexibility index (Phi) is 6.03. The maximum absolute atomic E-state index is 5.34. The highest BCUT2D eigenvalue weighted by Gasteiger charge is 2.19. The summed E-state index contributed by atoms with van der Waals surface area (Å²) in [5, 5.41) is 8.50. The van der Waals surface area contributed by atoms with Crippen molar-refractivity contribution in [2.75, 3.05) is 0 Å². The van der Waals surface area contributed by atoms with Gasteiger partial charge < -0.3 is 0 Å². The lowest BCUT2D eigenvalue weighted by Gasteiger charge is -2.16. The van der Waals surface area contributed by atoms with E-state index in [1.165, 1.54) is 52.8 Å². The number of benzene rings is 7. The Morgan fingerprint density at radius 2 is 1.07 bits per heavy atom. The summed E-state index contributed by atoms with van der Waals surface area (Å²) in [5.74, 6) is 0.718. The molecular formula is C42H26N2S. The highest BCUT2D eigenvalue weighted by Crippen LogP contribution is 2.43. The number of hydrogen-bond donors (Lipinski definition) is 0. The Morgan fingerprint density at radius 3 is 1.91 bits per heavy atom. The van der Waals surface area contributed by atoms with Crippen molar-refractivity contribution in [1.82, 2.24) is 9.97 Å². The monoisotopic (exact) mass is 590 g/mol. The summed E-state index contributed by atoms with van der Waals surface area (Å²) in [5.41, 5.74) is 6.24. The van der Waals surface area contributed by atoms with Crippen LogP contribution < -0.4 is 0 Å². The second-order valence-corrected chi connectivity index (χ2v) is 12.5. The third kappa shape index (κ3) is 4.40. The van der Waals surface area contributed by atoms with Crippen molar-refractivity contribution < 1.29 is 0 Å². The van der Waals surface area contributed by atoms with Crippen LogP contribution >= 0.6 is 11.3 Å². The van der Waals surface area contributed by atoms with Crippen LogP contribution in [0.25, 0.3) is 86.7 Å². The number of thiophene rings is 1. The summed E-state index contributed by atoms with van der Waals surface area (Å²) in [6.45, 7) is 0. The average molecular weight is 591 g/mol. The number of rotatable bonds is 4. The van der Waals surface area contributed by atoms with E-state index < -0.39 is 0 Å². The summed E-state index contributed by atoms with van der Waals surface area (Å²) < 4.78 is 1.28. The van der Waals surface area contributed by atoms with Gasteiger partial charge in [0.2, 0.25) is 0 Å². The first-order chi connectivity index (χ1) is 22.3. The minimum absolute atomic E-state index is 0.718. The minimum atomic E-state index is 0.718. The molecule has 45 heavy (non-hydrogen) atoms. The molecule has 0 N–H and O–H groups in total. The Bertz CT molecular complexity index is 2510. The first-order valence-corrected chi connectivity index (χ1v) is 16.0. The third-order valence-corrected chi connectivity index (χ3v) is 9.81. The van der Waals surface area contributed by atoms with Gasteiger partial charge in [0.05, 0.1) is 11.4 Å². The van der Waals surface area contributed by atoms with E-state index in [0.717, 1.165) is 33.9 Å². The van der Waals surface area contributed by atoms with Crippen molar-refractivity contribution in [2.45, 2.75) is 0 Å². The fourth-order valence-corrected chi connectivity index (χ4v) is 7.67. The van der Waals surface area contributed by atoms with Crippen molar-refractivity contribution in [3.05, 3.63) is 158 Å². The largest absolute Gasteiger partial charge is 0.228 e. The molecule has 0 aliphatic rings. The molecule has 0 bridgehead atoms. The van der Waals surface area contributed by atoms with E-state index in [4.69, 9.17) is 9.97 Å². The molecule has 0 aliphatic heterocycles. The van der Waals surface area contributed by atoms with Crippen LogP contribution in [0.4, 0.5) is 0 Å². The SMILES string of the molecule is c1ccc(-c2nc(-c3ccccc3-c3cc4ccccc4s3)cc(-c3c4ccccc4cc4ccc5ccccc5c34)n2)cc1. The van der Waals surface area contributed by atoms with Crippen LogP contribution in [0.1, 0.15) is 0 Å². The molecule has 0 saturated carbocycles. The van der Waals surface area contributed by atoms with E-state index in [0.29, 0.717) is 0 Å². The Hall–Kier alpha value is -5.64. The zero-order valence-corrected chi connectivity index (χ0v) is 25.1. The van der Waals surface area contributed by atoms with Crippen molar-refractivity contribution in [2.24, 2.45) is 0 Å². The van der Waals surface area contributed by atoms with E-state index in [9.17, 15) is 0 Å². The molecule has 0 fully saturated rings. The molecule has 9 aromatic rings. The zero-order chi connectivity index (χ0) is 29.7. The van der Waals surface area contributed by atoms with E-state index >= 15 is 0 Å². The highest BCUT2D eigenvalue weighted by molar-refractivity contribution is 7.22. The fraction of sp³-hybridized carbons (Fsp3) is 0. The van der Waals surface area contributed by atoms with E-state index in [2.05, 4.69) is 152 Å². The summed E-state index contributed by atoms with van der Waals surface area (Å²) in [7, 11) is 0. The van der Waals surface area contributed by atoms with Crippen molar-refractivity contribution >= 4 is 53.7 Å². The van der Waals surface area contributed by atoms with Crippen LogP contribution in [0.5, 0.6) is 0 Å². The molecule has 0 atom stereocenters. The van der Waals surface area contributed by atoms with Crippen LogP contribution in [0.15, 0.2) is 158 Å². The van der Waals surface area contributed by atoms with Gasteiger partial charge in [0, 0.05) is 31.8 Å². The van der Waals surface area contributed by atoms with Crippen LogP contribution in [0.3, 0.4) is 0 Å². The quantitative estimate of drug-likeness (QED) is 0.150. The summed E-state index contributed by atoms with van der Waals surface area (Å²) in [6, 6.07) is 56.1. The smallest absolute Gasteiger partial charge is 0.160 e. The van der Waals surface area contributed by atoms with E-state index in [1.54, 1.807) is 0 Å². The standard InChI is InChI=1S/C42H26N2S/c1-2-13-28(14-3-1)42-43-36(34-19-9-10-20-35(34)39-25-30-16-6-11-21-38(30)45-39)26-37(44-42)41-33-18-8-5-15-29(33)24-31-23-22-27-12-4-7-17-32(27)40(31)41/h1-26H. The second kappa shape index (κ2) is 10.5. The summed E-state index contributed by atoms with van der Waals surface area (Å²) in [4.78, 5) is 11.8. The first kappa shape index (κ1) is 25.8. The fourth-order valence-electron chi connectivity index (χ4n) is 6.57. The lowest BCUT2D eigenvalue weighted by Crippen LogP contribution is -1.98. The summed E-state index contributed by atoms with van der Waals surface area (Å²) in [6.07, 6.45) is 0. The lowest BCUT2D eigenvalue weighted by atomic mass is 9.90. The molecule has 2 nitrogen and oxygen atoms in total. The van der Waals surface area contributed by atoms with Crippen LogP contribution in [0, 0.1) is 0 Å². The predicted molar refractivity (Wildman–Crippen MR) is 192 cm³/mol. The predicted octanol–water partition coefficient (Wildman–Crippen LogP) is 11.8. The van der Waals surface area contributed by atoms with Gasteiger partial charge in [-0.1, -0.05) is 133 Å². The third-order valence-electron chi connectivity index (χ3n) is 8.66. The molecule has 2 aromatic heterocycles. The Morgan fingerprint density at radius 1 is 0.422 bits per heavy atom. The highest BCUT2D eigenvalue weighted by atomic mass is 32.1. The van der Waals surface area contributed by atoms with Gasteiger partial charge in [-0.05, 0) is 62.0 Å². The first-order valence-electron chi connectivity index (χ1n) is 15.2. The van der Waals surface area contributed by atoms with Crippen LogP contribution in [-0.2, 0) is 0 Å². The van der Waals surface area contributed by atoms with Crippen molar-refractivity contribution in [3.8, 4) is 44.3 Å². The Labute approximate surface area is 264 Å². The molecule has 0 aliphatic carbocycles. The molecule has 2 heterocycles. The number of aromatic nitrogens is 2. The number of nitrogens with zero attached hydrogens (tertiary/aromatic N) is 2. The molecule has 0 unspecified atom stereocenters. The summed E-state index contributed by atoms with van der Waals surface area (Å²) >= 11 is 1.82. The molecule has 0 spiro atoms. The van der Waals surface area contributed by atoms with Gasteiger partial charge in [0.1, 0.15) is 0 Å². The normalized spacial score (nSPS) is 11.6. The number of hydrogen-bond acceptors (Lipinski definition) is 3. The van der Waals surface area contributed by atoms with Gasteiger partial charge in [-0.15, -0.1) is 11.3 Å². The van der Waals surface area contributed by atoms with Gasteiger partial charge in [-0.2, -0.15) is 0 Å². The molecule has 9 rings (SSSR count). The van der Waals surface area contributed by atoms with E-state index in [1.807, 2.05) is 17.4 Å². The van der Waals surface area contributed by atoms with Gasteiger partial charge >= 0.3 is 0 Å². The maximum Gasteiger partial charge on any atom is 0.160 e. The van der Waals surface area contributed by atoms with Gasteiger partial charge in [0.25, 0.3) is 0 Å². The second-order valence-electron chi connectivity index (χ2n) is 11.4. The molecule has 0 saturated heterocycles. The van der Waals surface area contributed by atoms with Gasteiger partial charge in [-0.25, -0.2) is 9.97 Å². The Balaban J connectivity index is 1.38. The molecule has 0 radical (unpaired) electrons. The van der Waals surface area contributed by atoms with Crippen molar-refractivity contribution in [1.29, 1.82) is 0 Å². The molecule has 210 valence electrons. The molecule has 3 heteroatoms. The van der Waals surface area contributed by atoms with Crippen LogP contribution in [-0.4, -0.2) is 9.97 Å². The van der Waals surface area contributed by atoms with Gasteiger partial charge in [-0.3, -0.25) is 0 Å². The lowest BCUT2D eigenvalue weighted by molar-refractivity contribution is 1.19. The van der Waals surface area contributed by atoms with E-state index in [-0.39, 0.29) is 0 Å².